The second kappa shape index (κ2) is 3.26. The van der Waals surface area contributed by atoms with Crippen LogP contribution in [-0.2, 0) is 11.8 Å². The Labute approximate surface area is 102 Å². The number of ether oxygens (including phenoxy) is 1. The predicted molar refractivity (Wildman–Crippen MR) is 66.0 cm³/mol. The van der Waals surface area contributed by atoms with Crippen LogP contribution in [0.1, 0.15) is 44.2 Å². The molecule has 88 valence electrons. The van der Waals surface area contributed by atoms with Crippen molar-refractivity contribution in [3.05, 3.63) is 29.3 Å². The lowest BCUT2D eigenvalue weighted by Gasteiger charge is -2.33. The van der Waals surface area contributed by atoms with Gasteiger partial charge in [0.05, 0.1) is 11.5 Å². The third kappa shape index (κ3) is 1.70. The summed E-state index contributed by atoms with van der Waals surface area (Å²) in [5.41, 5.74) is 2.22. The molecule has 1 saturated carbocycles. The number of aryl methyl sites for hydroxylation is 1. The molecule has 2 aliphatic rings. The molecule has 0 aromatic heterocycles. The Kier molecular flexibility index (Phi) is 2.04. The van der Waals surface area contributed by atoms with Crippen molar-refractivity contribution in [2.24, 2.45) is 0 Å². The van der Waals surface area contributed by atoms with E-state index >= 15 is 0 Å². The van der Waals surface area contributed by atoms with Crippen molar-refractivity contribution in [2.75, 3.05) is 0 Å². The van der Waals surface area contributed by atoms with E-state index in [9.17, 15) is 5.26 Å². The maximum atomic E-state index is 9.22. The summed E-state index contributed by atoms with van der Waals surface area (Å²) >= 11 is 0. The minimum atomic E-state index is -0.179. The normalized spacial score (nSPS) is 23.1. The first kappa shape index (κ1) is 10.7. The van der Waals surface area contributed by atoms with Crippen molar-refractivity contribution in [3.63, 3.8) is 0 Å². The molecule has 17 heavy (non-hydrogen) atoms. The van der Waals surface area contributed by atoms with Gasteiger partial charge in [0.1, 0.15) is 11.4 Å². The Hall–Kier alpha value is -1.49. The Balaban J connectivity index is 1.97. The Morgan fingerprint density at radius 1 is 1.24 bits per heavy atom. The summed E-state index contributed by atoms with van der Waals surface area (Å²) in [7, 11) is 0. The fourth-order valence-corrected chi connectivity index (χ4v) is 2.55. The van der Waals surface area contributed by atoms with Crippen LogP contribution in [-0.4, -0.2) is 5.60 Å². The van der Waals surface area contributed by atoms with E-state index in [-0.39, 0.29) is 11.0 Å². The monoisotopic (exact) mass is 227 g/mol. The van der Waals surface area contributed by atoms with Crippen molar-refractivity contribution in [2.45, 2.75) is 50.5 Å². The third-order valence-electron chi connectivity index (χ3n) is 3.96. The number of fused-ring (bicyclic) bond motifs is 1. The molecule has 2 heteroatoms. The lowest BCUT2D eigenvalue weighted by atomic mass is 9.90. The van der Waals surface area contributed by atoms with E-state index in [2.05, 4.69) is 32.0 Å². The molecule has 1 heterocycles. The summed E-state index contributed by atoms with van der Waals surface area (Å²) in [5, 5.41) is 9.22. The van der Waals surface area contributed by atoms with Crippen LogP contribution in [0, 0.1) is 11.3 Å². The molecule has 0 atom stereocenters. The fourth-order valence-electron chi connectivity index (χ4n) is 2.55. The lowest BCUT2D eigenvalue weighted by Crippen LogP contribution is -2.32. The minimum Gasteiger partial charge on any atom is -0.488 e. The van der Waals surface area contributed by atoms with Gasteiger partial charge in [-0.05, 0) is 56.7 Å². The van der Waals surface area contributed by atoms with E-state index in [1.807, 2.05) is 6.07 Å². The second-order valence-corrected chi connectivity index (χ2v) is 5.88. The van der Waals surface area contributed by atoms with Gasteiger partial charge >= 0.3 is 0 Å². The zero-order valence-corrected chi connectivity index (χ0v) is 10.4. The first-order valence-electron chi connectivity index (χ1n) is 6.28. The highest BCUT2D eigenvalue weighted by Gasteiger charge is 2.45. The first-order chi connectivity index (χ1) is 8.05. The van der Waals surface area contributed by atoms with E-state index in [1.54, 1.807) is 0 Å². The lowest BCUT2D eigenvalue weighted by molar-refractivity contribution is 0.0846. The molecule has 3 rings (SSSR count). The molecule has 1 aromatic carbocycles. The van der Waals surface area contributed by atoms with Gasteiger partial charge in [-0.25, -0.2) is 0 Å². The van der Waals surface area contributed by atoms with Gasteiger partial charge in [0.25, 0.3) is 0 Å². The zero-order valence-electron chi connectivity index (χ0n) is 10.4. The summed E-state index contributed by atoms with van der Waals surface area (Å²) in [5.74, 6) is 0.999. The van der Waals surface area contributed by atoms with Crippen molar-refractivity contribution in [3.8, 4) is 11.8 Å². The molecule has 0 N–H and O–H groups in total. The standard InChI is InChI=1S/C15H17NO/c1-14(2)6-5-11-9-12(3-4-13(11)17-14)15(10-16)7-8-15/h3-4,9H,5-8H2,1-2H3. The molecule has 0 unspecified atom stereocenters. The topological polar surface area (TPSA) is 33.0 Å². The molecule has 2 nitrogen and oxygen atoms in total. The summed E-state index contributed by atoms with van der Waals surface area (Å²) < 4.78 is 5.96. The van der Waals surface area contributed by atoms with Crippen LogP contribution in [0.15, 0.2) is 18.2 Å². The Morgan fingerprint density at radius 3 is 2.65 bits per heavy atom. The van der Waals surface area contributed by atoms with Gasteiger partial charge in [-0.1, -0.05) is 12.1 Å². The molecular weight excluding hydrogens is 210 g/mol. The van der Waals surface area contributed by atoms with E-state index in [4.69, 9.17) is 4.74 Å². The average molecular weight is 227 g/mol. The van der Waals surface area contributed by atoms with Crippen LogP contribution in [0.5, 0.6) is 5.75 Å². The highest BCUT2D eigenvalue weighted by Crippen LogP contribution is 2.49. The molecule has 1 aliphatic carbocycles. The van der Waals surface area contributed by atoms with Crippen molar-refractivity contribution in [1.82, 2.24) is 0 Å². The number of rotatable bonds is 1. The number of benzene rings is 1. The van der Waals surface area contributed by atoms with E-state index < -0.39 is 0 Å². The summed E-state index contributed by atoms with van der Waals surface area (Å²) in [6, 6.07) is 8.74. The predicted octanol–water partition coefficient (Wildman–Crippen LogP) is 3.35. The zero-order chi connectivity index (χ0) is 12.1. The van der Waals surface area contributed by atoms with Gasteiger partial charge in [0, 0.05) is 0 Å². The number of hydrogen-bond acceptors (Lipinski definition) is 2. The van der Waals surface area contributed by atoms with Crippen LogP contribution >= 0.6 is 0 Å². The van der Waals surface area contributed by atoms with E-state index in [0.29, 0.717) is 0 Å². The van der Waals surface area contributed by atoms with E-state index in [0.717, 1.165) is 31.4 Å². The molecular formula is C15H17NO. The smallest absolute Gasteiger partial charge is 0.123 e. The van der Waals surface area contributed by atoms with Gasteiger partial charge in [0.2, 0.25) is 0 Å². The first-order valence-corrected chi connectivity index (χ1v) is 6.28. The van der Waals surface area contributed by atoms with Gasteiger partial charge in [-0.15, -0.1) is 0 Å². The maximum Gasteiger partial charge on any atom is 0.123 e. The molecule has 1 fully saturated rings. The number of nitriles is 1. The SMILES string of the molecule is CC1(C)CCc2cc(C3(C#N)CC3)ccc2O1. The van der Waals surface area contributed by atoms with E-state index in [1.165, 1.54) is 11.1 Å². The largest absolute Gasteiger partial charge is 0.488 e. The van der Waals surface area contributed by atoms with Crippen molar-refractivity contribution >= 4 is 0 Å². The van der Waals surface area contributed by atoms with Gasteiger partial charge in [0.15, 0.2) is 0 Å². The van der Waals surface area contributed by atoms with Crippen LogP contribution in [0.4, 0.5) is 0 Å². The quantitative estimate of drug-likeness (QED) is 0.737. The highest BCUT2D eigenvalue weighted by molar-refractivity contribution is 5.46. The molecule has 1 aromatic rings. The average Bonchev–Trinajstić information content (AvgIpc) is 3.08. The maximum absolute atomic E-state index is 9.22. The molecule has 0 radical (unpaired) electrons. The van der Waals surface area contributed by atoms with Crippen molar-refractivity contribution < 1.29 is 4.74 Å². The van der Waals surface area contributed by atoms with Gasteiger partial charge in [-0.3, -0.25) is 0 Å². The summed E-state index contributed by atoms with van der Waals surface area (Å²) in [4.78, 5) is 0. The highest BCUT2D eigenvalue weighted by atomic mass is 16.5. The molecule has 0 bridgehead atoms. The van der Waals surface area contributed by atoms with Crippen LogP contribution in [0.25, 0.3) is 0 Å². The Morgan fingerprint density at radius 2 is 2.00 bits per heavy atom. The van der Waals surface area contributed by atoms with Crippen LogP contribution in [0.2, 0.25) is 0 Å². The number of hydrogen-bond donors (Lipinski definition) is 0. The van der Waals surface area contributed by atoms with Crippen LogP contribution < -0.4 is 4.74 Å². The fraction of sp³-hybridized carbons (Fsp3) is 0.533. The molecule has 0 amide bonds. The van der Waals surface area contributed by atoms with Gasteiger partial charge < -0.3 is 4.74 Å². The van der Waals surface area contributed by atoms with Gasteiger partial charge in [-0.2, -0.15) is 5.26 Å². The number of nitrogens with zero attached hydrogens (tertiary/aromatic N) is 1. The summed E-state index contributed by atoms with van der Waals surface area (Å²) in [6.07, 6.45) is 4.12. The van der Waals surface area contributed by atoms with Crippen LogP contribution in [0.3, 0.4) is 0 Å². The second-order valence-electron chi connectivity index (χ2n) is 5.88. The minimum absolute atomic E-state index is 0.0546. The third-order valence-corrected chi connectivity index (χ3v) is 3.96. The molecule has 0 spiro atoms. The molecule has 0 saturated heterocycles. The summed E-state index contributed by atoms with van der Waals surface area (Å²) in [6.45, 7) is 4.25. The van der Waals surface area contributed by atoms with Crippen molar-refractivity contribution in [1.29, 1.82) is 5.26 Å². The molecule has 1 aliphatic heterocycles. The Bertz CT molecular complexity index is 506.